The monoisotopic (exact) mass is 222 g/mol. The summed E-state index contributed by atoms with van der Waals surface area (Å²) in [6, 6.07) is 14.2. The Morgan fingerprint density at radius 2 is 1.88 bits per heavy atom. The third kappa shape index (κ3) is 2.34. The molecule has 17 heavy (non-hydrogen) atoms. The quantitative estimate of drug-likeness (QED) is 0.781. The van der Waals surface area contributed by atoms with Gasteiger partial charge in [-0.05, 0) is 30.5 Å². The summed E-state index contributed by atoms with van der Waals surface area (Å²) in [7, 11) is 0. The molecular formula is C15H14N2. The smallest absolute Gasteiger partial charge is 0.114 e. The summed E-state index contributed by atoms with van der Waals surface area (Å²) in [5.41, 5.74) is 4.04. The summed E-state index contributed by atoms with van der Waals surface area (Å²) in [6.07, 6.45) is 1.82. The minimum Gasteiger partial charge on any atom is -0.259 e. The molecule has 84 valence electrons. The highest BCUT2D eigenvalue weighted by Crippen LogP contribution is 2.24. The van der Waals surface area contributed by atoms with Gasteiger partial charge in [0.15, 0.2) is 0 Å². The molecule has 0 aliphatic rings. The number of pyridine rings is 1. The molecule has 0 aliphatic heterocycles. The van der Waals surface area contributed by atoms with Crippen molar-refractivity contribution in [2.24, 2.45) is 0 Å². The number of hydrogen-bond donors (Lipinski definition) is 0. The van der Waals surface area contributed by atoms with Crippen LogP contribution in [0.3, 0.4) is 0 Å². The van der Waals surface area contributed by atoms with E-state index in [-0.39, 0.29) is 5.92 Å². The van der Waals surface area contributed by atoms with E-state index in [1.54, 1.807) is 0 Å². The Hall–Kier alpha value is -2.14. The lowest BCUT2D eigenvalue weighted by atomic mass is 9.93. The van der Waals surface area contributed by atoms with Gasteiger partial charge in [-0.3, -0.25) is 4.98 Å². The van der Waals surface area contributed by atoms with E-state index in [2.05, 4.69) is 17.1 Å². The Kier molecular flexibility index (Phi) is 3.20. The maximum atomic E-state index is 9.34. The number of aromatic nitrogens is 1. The van der Waals surface area contributed by atoms with Gasteiger partial charge in [0.05, 0.1) is 11.8 Å². The van der Waals surface area contributed by atoms with Crippen molar-refractivity contribution in [1.29, 1.82) is 5.26 Å². The first-order chi connectivity index (χ1) is 8.22. The van der Waals surface area contributed by atoms with E-state index in [9.17, 15) is 5.26 Å². The molecule has 2 nitrogen and oxygen atoms in total. The lowest BCUT2D eigenvalue weighted by Gasteiger charge is -2.12. The Balaban J connectivity index is 2.47. The van der Waals surface area contributed by atoms with Crippen molar-refractivity contribution in [3.63, 3.8) is 0 Å². The van der Waals surface area contributed by atoms with Crippen LogP contribution in [0.25, 0.3) is 0 Å². The number of rotatable bonds is 2. The van der Waals surface area contributed by atoms with Gasteiger partial charge < -0.3 is 0 Å². The van der Waals surface area contributed by atoms with Crippen molar-refractivity contribution >= 4 is 0 Å². The molecule has 0 amide bonds. The predicted molar refractivity (Wildman–Crippen MR) is 67.6 cm³/mol. The molecule has 0 spiro atoms. The second kappa shape index (κ2) is 4.80. The van der Waals surface area contributed by atoms with E-state index in [4.69, 9.17) is 0 Å². The molecule has 0 aliphatic carbocycles. The van der Waals surface area contributed by atoms with Crippen LogP contribution in [0.1, 0.15) is 28.3 Å². The van der Waals surface area contributed by atoms with Crippen LogP contribution in [0.4, 0.5) is 0 Å². The molecule has 0 radical (unpaired) electrons. The van der Waals surface area contributed by atoms with Crippen molar-refractivity contribution in [1.82, 2.24) is 4.98 Å². The fourth-order valence-corrected chi connectivity index (χ4v) is 1.97. The topological polar surface area (TPSA) is 36.7 Å². The van der Waals surface area contributed by atoms with Gasteiger partial charge in [0.2, 0.25) is 0 Å². The number of aryl methyl sites for hydroxylation is 2. The molecular weight excluding hydrogens is 208 g/mol. The molecule has 1 aromatic carbocycles. The van der Waals surface area contributed by atoms with Gasteiger partial charge >= 0.3 is 0 Å². The molecule has 2 rings (SSSR count). The molecule has 0 bridgehead atoms. The highest BCUT2D eigenvalue weighted by Gasteiger charge is 2.16. The van der Waals surface area contributed by atoms with Crippen molar-refractivity contribution < 1.29 is 0 Å². The van der Waals surface area contributed by atoms with Crippen LogP contribution >= 0.6 is 0 Å². The zero-order valence-corrected chi connectivity index (χ0v) is 10.0. The van der Waals surface area contributed by atoms with Crippen LogP contribution < -0.4 is 0 Å². The fraction of sp³-hybridized carbons (Fsp3) is 0.200. The third-order valence-electron chi connectivity index (χ3n) is 2.79. The molecule has 0 saturated carbocycles. The van der Waals surface area contributed by atoms with Crippen molar-refractivity contribution in [3.8, 4) is 6.07 Å². The summed E-state index contributed by atoms with van der Waals surface area (Å²) in [6.45, 7) is 4.01. The molecule has 0 saturated heterocycles. The third-order valence-corrected chi connectivity index (χ3v) is 2.79. The van der Waals surface area contributed by atoms with Crippen LogP contribution in [0.15, 0.2) is 42.6 Å². The summed E-state index contributed by atoms with van der Waals surface area (Å²) in [5.74, 6) is -0.281. The maximum absolute atomic E-state index is 9.34. The van der Waals surface area contributed by atoms with E-state index >= 15 is 0 Å². The Labute approximate surface area is 102 Å². The van der Waals surface area contributed by atoms with Crippen molar-refractivity contribution in [2.75, 3.05) is 0 Å². The van der Waals surface area contributed by atoms with Crippen molar-refractivity contribution in [2.45, 2.75) is 19.8 Å². The fourth-order valence-electron chi connectivity index (χ4n) is 1.97. The minimum absolute atomic E-state index is 0.281. The van der Waals surface area contributed by atoms with Gasteiger partial charge in [-0.25, -0.2) is 0 Å². The van der Waals surface area contributed by atoms with Crippen LogP contribution in [0, 0.1) is 25.2 Å². The second-order valence-corrected chi connectivity index (χ2v) is 4.19. The first-order valence-electron chi connectivity index (χ1n) is 5.60. The summed E-state index contributed by atoms with van der Waals surface area (Å²) >= 11 is 0. The summed E-state index contributed by atoms with van der Waals surface area (Å²) < 4.78 is 0. The summed E-state index contributed by atoms with van der Waals surface area (Å²) in [5, 5.41) is 9.34. The number of nitrogens with zero attached hydrogens (tertiary/aromatic N) is 2. The standard InChI is InChI=1S/C15H14N2/c1-11-8-12(2)15(17-10-11)14(9-16)13-6-4-3-5-7-13/h3-8,10,14H,1-2H3. The molecule has 1 heterocycles. The van der Waals surface area contributed by atoms with Gasteiger partial charge in [0, 0.05) is 6.20 Å². The van der Waals surface area contributed by atoms with Gasteiger partial charge in [0.1, 0.15) is 5.92 Å². The van der Waals surface area contributed by atoms with E-state index in [0.717, 1.165) is 22.4 Å². The molecule has 1 unspecified atom stereocenters. The Morgan fingerprint density at radius 3 is 2.47 bits per heavy atom. The van der Waals surface area contributed by atoms with E-state index in [0.29, 0.717) is 0 Å². The van der Waals surface area contributed by atoms with Crippen molar-refractivity contribution in [3.05, 3.63) is 65.0 Å². The normalized spacial score (nSPS) is 11.8. The summed E-state index contributed by atoms with van der Waals surface area (Å²) in [4.78, 5) is 4.40. The first kappa shape index (κ1) is 11.3. The van der Waals surface area contributed by atoms with Crippen LogP contribution in [-0.4, -0.2) is 4.98 Å². The van der Waals surface area contributed by atoms with Gasteiger partial charge in [-0.1, -0.05) is 36.4 Å². The largest absolute Gasteiger partial charge is 0.259 e. The molecule has 0 N–H and O–H groups in total. The van der Waals surface area contributed by atoms with Crippen LogP contribution in [-0.2, 0) is 0 Å². The molecule has 1 aromatic heterocycles. The first-order valence-corrected chi connectivity index (χ1v) is 5.60. The molecule has 2 heteroatoms. The lowest BCUT2D eigenvalue weighted by molar-refractivity contribution is 0.940. The predicted octanol–water partition coefficient (Wildman–Crippen LogP) is 3.35. The SMILES string of the molecule is Cc1cnc(C(C#N)c2ccccc2)c(C)c1. The Morgan fingerprint density at radius 1 is 1.18 bits per heavy atom. The average Bonchev–Trinajstić information content (AvgIpc) is 2.34. The zero-order chi connectivity index (χ0) is 12.3. The Bertz CT molecular complexity index is 553. The molecule has 1 atom stereocenters. The highest BCUT2D eigenvalue weighted by atomic mass is 14.7. The van der Waals surface area contributed by atoms with Gasteiger partial charge in [0.25, 0.3) is 0 Å². The lowest BCUT2D eigenvalue weighted by Crippen LogP contribution is -2.03. The van der Waals surface area contributed by atoms with E-state index in [1.165, 1.54) is 0 Å². The van der Waals surface area contributed by atoms with E-state index in [1.807, 2.05) is 50.4 Å². The van der Waals surface area contributed by atoms with Gasteiger partial charge in [-0.15, -0.1) is 0 Å². The van der Waals surface area contributed by atoms with Crippen LogP contribution in [0.2, 0.25) is 0 Å². The van der Waals surface area contributed by atoms with E-state index < -0.39 is 0 Å². The number of hydrogen-bond acceptors (Lipinski definition) is 2. The zero-order valence-electron chi connectivity index (χ0n) is 10.0. The minimum atomic E-state index is -0.281. The second-order valence-electron chi connectivity index (χ2n) is 4.19. The van der Waals surface area contributed by atoms with Gasteiger partial charge in [-0.2, -0.15) is 5.26 Å². The highest BCUT2D eigenvalue weighted by molar-refractivity contribution is 5.38. The molecule has 2 aromatic rings. The molecule has 0 fully saturated rings. The van der Waals surface area contributed by atoms with Crippen LogP contribution in [0.5, 0.6) is 0 Å². The number of benzene rings is 1. The average molecular weight is 222 g/mol. The number of nitriles is 1. The maximum Gasteiger partial charge on any atom is 0.114 e.